The summed E-state index contributed by atoms with van der Waals surface area (Å²) < 4.78 is 30.4. The molecular formula is C73H127N2O7P. The van der Waals surface area contributed by atoms with Gasteiger partial charge in [-0.25, -0.2) is 0 Å². The highest BCUT2D eigenvalue weighted by Crippen LogP contribution is 2.38. The highest BCUT2D eigenvalue weighted by atomic mass is 31.2. The molecule has 9 nitrogen and oxygen atoms in total. The van der Waals surface area contributed by atoms with Crippen LogP contribution in [0, 0.1) is 0 Å². The summed E-state index contributed by atoms with van der Waals surface area (Å²) in [6.45, 7) is 6.68. The summed E-state index contributed by atoms with van der Waals surface area (Å²) in [5.41, 5.74) is 0. The number of unbranched alkanes of at least 4 members (excludes halogenated alkanes) is 26. The van der Waals surface area contributed by atoms with Crippen LogP contribution in [0.2, 0.25) is 0 Å². The fourth-order valence-corrected chi connectivity index (χ4v) is 9.90. The summed E-state index contributed by atoms with van der Waals surface area (Å²) in [6.07, 6.45) is 85.9. The van der Waals surface area contributed by atoms with E-state index in [1.165, 1.54) is 103 Å². The van der Waals surface area contributed by atoms with E-state index in [9.17, 15) is 19.0 Å². The van der Waals surface area contributed by atoms with E-state index < -0.39 is 26.6 Å². The molecule has 0 rings (SSSR count). The molecule has 0 saturated carbocycles. The van der Waals surface area contributed by atoms with Gasteiger partial charge in [0.1, 0.15) is 19.3 Å². The van der Waals surface area contributed by atoms with Gasteiger partial charge in [0.25, 0.3) is 7.82 Å². The Kier molecular flexibility index (Phi) is 58.8. The number of phosphoric acid groups is 1. The van der Waals surface area contributed by atoms with Crippen LogP contribution < -0.4 is 10.2 Å². The number of phosphoric ester groups is 1. The fourth-order valence-electron chi connectivity index (χ4n) is 9.18. The van der Waals surface area contributed by atoms with E-state index in [-0.39, 0.29) is 24.9 Å². The molecule has 1 amide bonds. The molecule has 0 aromatic rings. The first-order valence-corrected chi connectivity index (χ1v) is 35.3. The van der Waals surface area contributed by atoms with Crippen LogP contribution in [0.4, 0.5) is 0 Å². The molecule has 476 valence electrons. The van der Waals surface area contributed by atoms with E-state index >= 15 is 0 Å². The maximum atomic E-state index is 13.6. The predicted octanol–water partition coefficient (Wildman–Crippen LogP) is 20.8. The van der Waals surface area contributed by atoms with Crippen LogP contribution in [0.3, 0.4) is 0 Å². The van der Waals surface area contributed by atoms with Crippen LogP contribution >= 0.6 is 7.82 Å². The first-order chi connectivity index (χ1) is 40.4. The van der Waals surface area contributed by atoms with Crippen molar-refractivity contribution in [2.75, 3.05) is 40.9 Å². The number of rotatable bonds is 60. The van der Waals surface area contributed by atoms with Gasteiger partial charge in [-0.05, 0) is 122 Å². The summed E-state index contributed by atoms with van der Waals surface area (Å²) in [5.74, 6) is -0.578. The first-order valence-electron chi connectivity index (χ1n) is 33.8. The summed E-state index contributed by atoms with van der Waals surface area (Å²) in [5, 5.41) is 3.03. The third-order valence-corrected chi connectivity index (χ3v) is 15.3. The highest BCUT2D eigenvalue weighted by molar-refractivity contribution is 7.45. The van der Waals surface area contributed by atoms with E-state index in [0.29, 0.717) is 23.9 Å². The molecule has 0 fully saturated rings. The normalized spacial score (nSPS) is 14.3. The molecule has 83 heavy (non-hydrogen) atoms. The van der Waals surface area contributed by atoms with Crippen molar-refractivity contribution in [3.63, 3.8) is 0 Å². The Balaban J connectivity index is 5.27. The lowest BCUT2D eigenvalue weighted by Crippen LogP contribution is -2.47. The smallest absolute Gasteiger partial charge is 0.306 e. The molecule has 0 aromatic carbocycles. The number of hydrogen-bond acceptors (Lipinski definition) is 7. The Morgan fingerprint density at radius 3 is 1.18 bits per heavy atom. The molecule has 3 atom stereocenters. The zero-order valence-electron chi connectivity index (χ0n) is 54.4. The van der Waals surface area contributed by atoms with Crippen molar-refractivity contribution < 1.29 is 37.3 Å². The molecule has 0 saturated heterocycles. The maximum Gasteiger partial charge on any atom is 0.306 e. The Morgan fingerprint density at radius 2 is 0.771 bits per heavy atom. The number of likely N-dealkylation sites (N-methyl/N-ethyl adjacent to an activating group) is 1. The minimum Gasteiger partial charge on any atom is -0.756 e. The summed E-state index contributed by atoms with van der Waals surface area (Å²) in [7, 11) is 1.15. The van der Waals surface area contributed by atoms with Crippen LogP contribution in [0.25, 0.3) is 0 Å². The van der Waals surface area contributed by atoms with Crippen LogP contribution in [-0.4, -0.2) is 69.4 Å². The lowest BCUT2D eigenvalue weighted by Gasteiger charge is -2.30. The largest absolute Gasteiger partial charge is 0.756 e. The molecule has 0 spiro atoms. The second kappa shape index (κ2) is 61.5. The average Bonchev–Trinajstić information content (AvgIpc) is 3.46. The number of nitrogens with one attached hydrogen (secondary N) is 1. The zero-order chi connectivity index (χ0) is 60.7. The van der Waals surface area contributed by atoms with Gasteiger partial charge < -0.3 is 28.5 Å². The third-order valence-electron chi connectivity index (χ3n) is 14.4. The van der Waals surface area contributed by atoms with Gasteiger partial charge in [0.15, 0.2) is 0 Å². The van der Waals surface area contributed by atoms with E-state index in [1.54, 1.807) is 0 Å². The van der Waals surface area contributed by atoms with Crippen molar-refractivity contribution in [1.29, 1.82) is 0 Å². The maximum absolute atomic E-state index is 13.6. The second-order valence-electron chi connectivity index (χ2n) is 23.6. The number of quaternary nitrogens is 1. The number of carbonyl (C=O) groups excluding carboxylic acids is 2. The number of esters is 1. The van der Waals surface area contributed by atoms with Gasteiger partial charge in [-0.15, -0.1) is 0 Å². The molecule has 0 radical (unpaired) electrons. The molecule has 0 bridgehead atoms. The average molecular weight is 1180 g/mol. The minimum absolute atomic E-state index is 0.0343. The van der Waals surface area contributed by atoms with Gasteiger partial charge in [0, 0.05) is 12.8 Å². The number of allylic oxidation sites excluding steroid dienone is 19. The second-order valence-corrected chi connectivity index (χ2v) is 25.0. The van der Waals surface area contributed by atoms with Gasteiger partial charge in [-0.1, -0.05) is 265 Å². The number of hydrogen-bond donors (Lipinski definition) is 1. The highest BCUT2D eigenvalue weighted by Gasteiger charge is 2.27. The quantitative estimate of drug-likeness (QED) is 0.0212. The van der Waals surface area contributed by atoms with Gasteiger partial charge in [-0.3, -0.25) is 14.2 Å². The van der Waals surface area contributed by atoms with E-state index in [0.717, 1.165) is 135 Å². The monoisotopic (exact) mass is 1170 g/mol. The van der Waals surface area contributed by atoms with Crippen molar-refractivity contribution in [2.45, 2.75) is 290 Å². The minimum atomic E-state index is -4.72. The molecule has 1 N–H and O–H groups in total. The molecule has 3 unspecified atom stereocenters. The molecule has 0 aliphatic heterocycles. The number of ether oxygens (including phenoxy) is 1. The third kappa shape index (κ3) is 62.8. The Morgan fingerprint density at radius 1 is 0.434 bits per heavy atom. The van der Waals surface area contributed by atoms with Gasteiger partial charge in [-0.2, -0.15) is 0 Å². The molecule has 0 heterocycles. The molecule has 0 aliphatic rings. The van der Waals surface area contributed by atoms with Crippen molar-refractivity contribution in [3.8, 4) is 0 Å². The Bertz CT molecular complexity index is 1830. The topological polar surface area (TPSA) is 114 Å². The van der Waals surface area contributed by atoms with E-state index in [1.807, 2.05) is 33.3 Å². The Hall–Kier alpha value is -3.59. The van der Waals surface area contributed by atoms with Gasteiger partial charge >= 0.3 is 5.97 Å². The van der Waals surface area contributed by atoms with Gasteiger partial charge in [0.05, 0.1) is 33.8 Å². The summed E-state index contributed by atoms with van der Waals surface area (Å²) >= 11 is 0. The SMILES string of the molecule is CC/C=C\C/C=C\C/C=C\C/C=C\C/C=C\CCCCCCCCCC(=O)NC(COP(=O)([O-])OCC[N+](C)(C)C)C(/C=C/CCCCCCCCCCCCC)OC(=O)CCCCCCC/C=C\C/C=C\C/C=C\C/C=C\CCCCC. The summed E-state index contributed by atoms with van der Waals surface area (Å²) in [6, 6.07) is -0.912. The number of amides is 1. The van der Waals surface area contributed by atoms with Crippen molar-refractivity contribution in [3.05, 3.63) is 122 Å². The fraction of sp³-hybridized carbons (Fsp3) is 0.699. The van der Waals surface area contributed by atoms with Crippen LogP contribution in [0.1, 0.15) is 278 Å². The standard InChI is InChI=1S/C73H127N2O7P/c1-7-10-13-16-19-22-25-28-30-32-34-36-37-39-40-42-44-47-50-53-56-59-62-65-72(76)74-70(69-81-83(78,79)80-68-67-75(4,5)6)71(64-61-58-55-52-49-46-27-24-21-18-15-12-9-3)82-73(77)66-63-60-57-54-51-48-45-43-41-38-35-33-31-29-26-23-20-17-14-11-8-2/h10,13,19-20,22-23,28-31,34-36,38-40,43,45,61,64,70-71H,7-9,11-12,14-18,21,24-27,32-33,37,41-42,44,46-60,62-63,65-69H2,1-6H3,(H-,74,76,78,79)/b13-10-,22-19-,23-20-,30-28-,31-29-,36-34-,38-35-,40-39-,45-43-,64-61+. The summed E-state index contributed by atoms with van der Waals surface area (Å²) in [4.78, 5) is 40.2. The van der Waals surface area contributed by atoms with E-state index in [2.05, 4.69) is 135 Å². The van der Waals surface area contributed by atoms with E-state index in [4.69, 9.17) is 13.8 Å². The Labute approximate surface area is 512 Å². The number of carbonyl (C=O) groups is 2. The molecular weight excluding hydrogens is 1050 g/mol. The van der Waals surface area contributed by atoms with Crippen molar-refractivity contribution in [1.82, 2.24) is 5.32 Å². The number of nitrogens with zero attached hydrogens (tertiary/aromatic N) is 1. The van der Waals surface area contributed by atoms with Crippen LogP contribution in [0.5, 0.6) is 0 Å². The van der Waals surface area contributed by atoms with Crippen molar-refractivity contribution in [2.24, 2.45) is 0 Å². The van der Waals surface area contributed by atoms with Gasteiger partial charge in [0.2, 0.25) is 5.91 Å². The zero-order valence-corrected chi connectivity index (χ0v) is 55.3. The molecule has 10 heteroatoms. The molecule has 0 aliphatic carbocycles. The van der Waals surface area contributed by atoms with Crippen LogP contribution in [-0.2, 0) is 27.9 Å². The predicted molar refractivity (Wildman–Crippen MR) is 357 cm³/mol. The van der Waals surface area contributed by atoms with Crippen LogP contribution in [0.15, 0.2) is 122 Å². The van der Waals surface area contributed by atoms with Crippen molar-refractivity contribution >= 4 is 19.7 Å². The first kappa shape index (κ1) is 79.4. The lowest BCUT2D eigenvalue weighted by molar-refractivity contribution is -0.870. The molecule has 0 aromatic heterocycles. The lowest BCUT2D eigenvalue weighted by atomic mass is 10.0.